The van der Waals surface area contributed by atoms with E-state index in [0.29, 0.717) is 30.2 Å². The highest BCUT2D eigenvalue weighted by Gasteiger charge is 2.33. The van der Waals surface area contributed by atoms with E-state index in [4.69, 9.17) is 9.57 Å². The second-order valence-corrected chi connectivity index (χ2v) is 7.31. The van der Waals surface area contributed by atoms with Crippen LogP contribution >= 0.6 is 0 Å². The summed E-state index contributed by atoms with van der Waals surface area (Å²) >= 11 is 0. The van der Waals surface area contributed by atoms with E-state index >= 15 is 0 Å². The number of ether oxygens (including phenoxy) is 1. The molecule has 30 heavy (non-hydrogen) atoms. The van der Waals surface area contributed by atoms with Gasteiger partial charge in [0.05, 0.1) is 37.3 Å². The highest BCUT2D eigenvalue weighted by atomic mass is 19.1. The molecule has 0 saturated carbocycles. The van der Waals surface area contributed by atoms with Gasteiger partial charge in [-0.25, -0.2) is 9.18 Å². The van der Waals surface area contributed by atoms with Crippen LogP contribution in [0.25, 0.3) is 0 Å². The van der Waals surface area contributed by atoms with Gasteiger partial charge in [-0.15, -0.1) is 0 Å². The Bertz CT molecular complexity index is 847. The molecule has 0 aromatic heterocycles. The minimum Gasteiger partial charge on any atom is -0.442 e. The molecule has 0 bridgehead atoms. The molecule has 0 aliphatic carbocycles. The Balaban J connectivity index is 1.62. The zero-order chi connectivity index (χ0) is 21.7. The first-order valence-corrected chi connectivity index (χ1v) is 9.82. The number of carbonyl (C=O) groups excluding carboxylic acids is 2. The number of anilines is 2. The van der Waals surface area contributed by atoms with Crippen LogP contribution in [0, 0.1) is 5.82 Å². The maximum absolute atomic E-state index is 14.8. The minimum atomic E-state index is -0.546. The number of hydroxylamine groups is 1. The summed E-state index contributed by atoms with van der Waals surface area (Å²) < 4.78 is 20.1. The van der Waals surface area contributed by atoms with Crippen LogP contribution in [0.3, 0.4) is 0 Å². The molecular formula is C21H27FN4O4. The first-order chi connectivity index (χ1) is 14.4. The summed E-state index contributed by atoms with van der Waals surface area (Å²) in [6.45, 7) is 7.12. The number of piperidine rings is 1. The van der Waals surface area contributed by atoms with Gasteiger partial charge in [-0.05, 0) is 37.1 Å². The lowest BCUT2D eigenvalue weighted by Crippen LogP contribution is -2.33. The van der Waals surface area contributed by atoms with Gasteiger partial charge >= 0.3 is 6.09 Å². The van der Waals surface area contributed by atoms with Crippen molar-refractivity contribution in [1.29, 1.82) is 0 Å². The van der Waals surface area contributed by atoms with Crippen molar-refractivity contribution in [3.05, 3.63) is 47.9 Å². The summed E-state index contributed by atoms with van der Waals surface area (Å²) in [5.74, 6) is -0.581. The van der Waals surface area contributed by atoms with Crippen LogP contribution in [0.4, 0.5) is 20.6 Å². The van der Waals surface area contributed by atoms with E-state index < -0.39 is 12.2 Å². The van der Waals surface area contributed by atoms with Crippen LogP contribution in [0.15, 0.2) is 42.1 Å². The molecule has 3 rings (SSSR count). The molecule has 1 aromatic rings. The Kier molecular flexibility index (Phi) is 6.94. The molecule has 1 atom stereocenters. The number of rotatable bonds is 7. The van der Waals surface area contributed by atoms with Gasteiger partial charge in [-0.3, -0.25) is 20.0 Å². The van der Waals surface area contributed by atoms with Crippen molar-refractivity contribution in [2.75, 3.05) is 43.1 Å². The first-order valence-electron chi connectivity index (χ1n) is 9.82. The van der Waals surface area contributed by atoms with Gasteiger partial charge in [0.1, 0.15) is 11.9 Å². The number of nitrogens with zero attached hydrogens (tertiary/aromatic N) is 2. The molecule has 8 nitrogen and oxygen atoms in total. The Labute approximate surface area is 175 Å². The van der Waals surface area contributed by atoms with Gasteiger partial charge in [-0.2, -0.15) is 0 Å². The number of amides is 2. The summed E-state index contributed by atoms with van der Waals surface area (Å²) in [6, 6.07) is 4.77. The third-order valence-electron chi connectivity index (χ3n) is 5.05. The van der Waals surface area contributed by atoms with E-state index in [1.807, 2.05) is 11.0 Å². The number of benzene rings is 1. The summed E-state index contributed by atoms with van der Waals surface area (Å²) in [7, 11) is 1.53. The third kappa shape index (κ3) is 5.29. The largest absolute Gasteiger partial charge is 0.442 e. The van der Waals surface area contributed by atoms with Crippen molar-refractivity contribution in [2.45, 2.75) is 25.9 Å². The Morgan fingerprint density at radius 3 is 2.77 bits per heavy atom. The monoisotopic (exact) mass is 418 g/mol. The maximum Gasteiger partial charge on any atom is 0.414 e. The predicted octanol–water partition coefficient (Wildman–Crippen LogP) is 2.48. The molecule has 2 N–H and O–H groups in total. The number of allylic oxidation sites excluding steroid dienone is 1. The zero-order valence-corrected chi connectivity index (χ0v) is 17.2. The van der Waals surface area contributed by atoms with Gasteiger partial charge in [0, 0.05) is 20.0 Å². The second kappa shape index (κ2) is 9.62. The topological polar surface area (TPSA) is 83.1 Å². The van der Waals surface area contributed by atoms with E-state index in [-0.39, 0.29) is 24.8 Å². The lowest BCUT2D eigenvalue weighted by molar-refractivity contribution is -0.119. The molecule has 2 fully saturated rings. The predicted molar refractivity (Wildman–Crippen MR) is 112 cm³/mol. The van der Waals surface area contributed by atoms with Gasteiger partial charge in [0.25, 0.3) is 0 Å². The van der Waals surface area contributed by atoms with Crippen molar-refractivity contribution in [1.82, 2.24) is 10.8 Å². The van der Waals surface area contributed by atoms with Crippen molar-refractivity contribution < 1.29 is 23.6 Å². The summed E-state index contributed by atoms with van der Waals surface area (Å²) in [6.07, 6.45) is 2.55. The van der Waals surface area contributed by atoms with Crippen molar-refractivity contribution in [3.63, 3.8) is 0 Å². The Morgan fingerprint density at radius 2 is 2.13 bits per heavy atom. The fraction of sp³-hybridized carbons (Fsp3) is 0.429. The van der Waals surface area contributed by atoms with Gasteiger partial charge in [0.2, 0.25) is 5.91 Å². The average molecular weight is 418 g/mol. The molecule has 2 heterocycles. The summed E-state index contributed by atoms with van der Waals surface area (Å²) in [4.78, 5) is 31.4. The van der Waals surface area contributed by atoms with E-state index in [2.05, 4.69) is 17.4 Å². The molecule has 2 aliphatic rings. The first kappa shape index (κ1) is 21.6. The number of hydrogen-bond acceptors (Lipinski definition) is 6. The molecule has 2 amide bonds. The van der Waals surface area contributed by atoms with Crippen LogP contribution < -0.4 is 20.6 Å². The Hall–Kier alpha value is -3.07. The molecule has 0 unspecified atom stereocenters. The van der Waals surface area contributed by atoms with Crippen LogP contribution in [0.5, 0.6) is 0 Å². The summed E-state index contributed by atoms with van der Waals surface area (Å²) in [5.41, 5.74) is 5.55. The van der Waals surface area contributed by atoms with Gasteiger partial charge in [0.15, 0.2) is 0 Å². The van der Waals surface area contributed by atoms with Gasteiger partial charge < -0.3 is 15.0 Å². The molecule has 0 radical (unpaired) electrons. The molecule has 1 aromatic carbocycles. The maximum atomic E-state index is 14.8. The third-order valence-corrected chi connectivity index (χ3v) is 5.05. The molecule has 162 valence electrons. The molecule has 9 heteroatoms. The zero-order valence-electron chi connectivity index (χ0n) is 17.2. The van der Waals surface area contributed by atoms with Crippen molar-refractivity contribution >= 4 is 23.4 Å². The summed E-state index contributed by atoms with van der Waals surface area (Å²) in [5, 5.41) is 2.62. The lowest BCUT2D eigenvalue weighted by atomic mass is 10.0. The van der Waals surface area contributed by atoms with E-state index in [1.54, 1.807) is 12.1 Å². The van der Waals surface area contributed by atoms with Crippen LogP contribution in [-0.4, -0.2) is 51.4 Å². The fourth-order valence-corrected chi connectivity index (χ4v) is 3.60. The smallest absolute Gasteiger partial charge is 0.414 e. The number of hydrogen-bond donors (Lipinski definition) is 2. The average Bonchev–Trinajstić information content (AvgIpc) is 3.08. The van der Waals surface area contributed by atoms with E-state index in [9.17, 15) is 14.0 Å². The van der Waals surface area contributed by atoms with Crippen LogP contribution in [0.2, 0.25) is 0 Å². The fourth-order valence-electron chi connectivity index (χ4n) is 3.60. The normalized spacial score (nSPS) is 18.8. The number of cyclic esters (lactones) is 1. The molecule has 2 aliphatic heterocycles. The molecule has 0 spiro atoms. The number of nitrogens with one attached hydrogen (secondary N) is 2. The Morgan fingerprint density at radius 1 is 1.40 bits per heavy atom. The number of halogens is 1. The minimum absolute atomic E-state index is 0.196. The number of carbonyl (C=O) groups is 2. The van der Waals surface area contributed by atoms with E-state index in [1.165, 1.54) is 30.6 Å². The standard InChI is InChI=1S/C21H27FN4O4/c1-14(24-29-3)10-16-6-8-25(9-7-16)20-5-4-17(11-19(20)22)26-13-18(30-21(26)28)12-23-15(2)27/h4-5,10-11,18,24H,1,6-9,12-13H2,2-3H3,(H,23,27)/t18-/m0/s1. The highest BCUT2D eigenvalue weighted by Crippen LogP contribution is 2.30. The molecular weight excluding hydrogens is 391 g/mol. The van der Waals surface area contributed by atoms with Crippen molar-refractivity contribution in [3.8, 4) is 0 Å². The second-order valence-electron chi connectivity index (χ2n) is 7.31. The lowest BCUT2D eigenvalue weighted by Gasteiger charge is -2.31. The molecule has 2 saturated heterocycles. The quantitative estimate of drug-likeness (QED) is 0.662. The van der Waals surface area contributed by atoms with Crippen LogP contribution in [-0.2, 0) is 14.4 Å². The van der Waals surface area contributed by atoms with Crippen molar-refractivity contribution in [2.24, 2.45) is 0 Å². The highest BCUT2D eigenvalue weighted by molar-refractivity contribution is 5.90. The SMILES string of the molecule is C=C(C=C1CCN(c2ccc(N3C[C@H](CNC(C)=O)OC3=O)cc2F)CC1)NOC. The van der Waals surface area contributed by atoms with Crippen LogP contribution in [0.1, 0.15) is 19.8 Å². The van der Waals surface area contributed by atoms with E-state index in [0.717, 1.165) is 12.8 Å². The van der Waals surface area contributed by atoms with Gasteiger partial charge in [-0.1, -0.05) is 12.2 Å².